The molecule has 26 heavy (non-hydrogen) atoms. The fourth-order valence-corrected chi connectivity index (χ4v) is 2.56. The van der Waals surface area contributed by atoms with E-state index in [9.17, 15) is 4.79 Å². The number of carbonyl (C=O) groups excluding carboxylic acids is 1. The molecule has 1 aromatic carbocycles. The largest absolute Gasteiger partial charge is 0.493 e. The van der Waals surface area contributed by atoms with Crippen LogP contribution in [0, 0.1) is 0 Å². The van der Waals surface area contributed by atoms with Crippen molar-refractivity contribution in [3.63, 3.8) is 0 Å². The first-order valence-electron chi connectivity index (χ1n) is 8.79. The van der Waals surface area contributed by atoms with Crippen molar-refractivity contribution in [1.29, 1.82) is 0 Å². The van der Waals surface area contributed by atoms with Gasteiger partial charge in [0.2, 0.25) is 5.89 Å². The van der Waals surface area contributed by atoms with E-state index in [1.54, 1.807) is 14.2 Å². The van der Waals surface area contributed by atoms with E-state index in [1.807, 2.05) is 18.2 Å². The van der Waals surface area contributed by atoms with Crippen LogP contribution in [0.2, 0.25) is 0 Å². The molecule has 7 nitrogen and oxygen atoms in total. The molecule has 0 saturated heterocycles. The number of amides is 1. The molecule has 0 radical (unpaired) electrons. The van der Waals surface area contributed by atoms with Crippen LogP contribution in [0.3, 0.4) is 0 Å². The predicted octanol–water partition coefficient (Wildman–Crippen LogP) is 2.85. The number of aromatic nitrogens is 1. The number of hydrogen-bond donors (Lipinski definition) is 2. The fourth-order valence-electron chi connectivity index (χ4n) is 2.56. The molecule has 7 heteroatoms. The van der Waals surface area contributed by atoms with Crippen LogP contribution in [0.1, 0.15) is 54.2 Å². The van der Waals surface area contributed by atoms with Crippen LogP contribution in [0.25, 0.3) is 0 Å². The van der Waals surface area contributed by atoms with E-state index >= 15 is 0 Å². The van der Waals surface area contributed by atoms with Crippen molar-refractivity contribution >= 4 is 5.91 Å². The van der Waals surface area contributed by atoms with Crippen molar-refractivity contribution < 1.29 is 18.7 Å². The van der Waals surface area contributed by atoms with Crippen molar-refractivity contribution in [2.45, 2.75) is 38.6 Å². The van der Waals surface area contributed by atoms with E-state index in [4.69, 9.17) is 19.6 Å². The number of hydrogen-bond acceptors (Lipinski definition) is 6. The molecule has 0 bridgehead atoms. The van der Waals surface area contributed by atoms with Crippen LogP contribution in [0.4, 0.5) is 0 Å². The van der Waals surface area contributed by atoms with Crippen LogP contribution in [0.15, 0.2) is 28.9 Å². The Morgan fingerprint density at radius 3 is 2.77 bits per heavy atom. The molecule has 1 aromatic heterocycles. The average Bonchev–Trinajstić information content (AvgIpc) is 3.16. The van der Waals surface area contributed by atoms with Gasteiger partial charge in [-0.2, -0.15) is 0 Å². The highest BCUT2D eigenvalue weighted by Crippen LogP contribution is 2.27. The SMILES string of the molecule is CCCCC(N)c1nc(C(=O)NCCc2ccc(OC)c(OC)c2)co1. The minimum atomic E-state index is -0.275. The summed E-state index contributed by atoms with van der Waals surface area (Å²) in [7, 11) is 3.19. The highest BCUT2D eigenvalue weighted by atomic mass is 16.5. The van der Waals surface area contributed by atoms with Gasteiger partial charge in [0.05, 0.1) is 20.3 Å². The van der Waals surface area contributed by atoms with Gasteiger partial charge in [-0.05, 0) is 30.5 Å². The van der Waals surface area contributed by atoms with Gasteiger partial charge in [-0.15, -0.1) is 0 Å². The first-order chi connectivity index (χ1) is 12.6. The number of nitrogens with two attached hydrogens (primary N) is 1. The number of benzene rings is 1. The van der Waals surface area contributed by atoms with E-state index in [-0.39, 0.29) is 17.6 Å². The number of unbranched alkanes of at least 4 members (excludes halogenated alkanes) is 1. The molecule has 0 fully saturated rings. The minimum absolute atomic E-state index is 0.249. The molecule has 1 atom stereocenters. The van der Waals surface area contributed by atoms with Crippen molar-refractivity contribution in [1.82, 2.24) is 10.3 Å². The van der Waals surface area contributed by atoms with Crippen LogP contribution >= 0.6 is 0 Å². The van der Waals surface area contributed by atoms with Crippen LogP contribution in [-0.4, -0.2) is 31.7 Å². The molecule has 0 aliphatic heterocycles. The quantitative estimate of drug-likeness (QED) is 0.675. The summed E-state index contributed by atoms with van der Waals surface area (Å²) in [4.78, 5) is 16.4. The second kappa shape index (κ2) is 9.82. The lowest BCUT2D eigenvalue weighted by molar-refractivity contribution is 0.0949. The summed E-state index contributed by atoms with van der Waals surface area (Å²) >= 11 is 0. The maximum atomic E-state index is 12.2. The number of ether oxygens (including phenoxy) is 2. The number of methoxy groups -OCH3 is 2. The molecule has 1 heterocycles. The summed E-state index contributed by atoms with van der Waals surface area (Å²) in [6, 6.07) is 5.40. The summed E-state index contributed by atoms with van der Waals surface area (Å²) in [5, 5.41) is 2.83. The average molecular weight is 361 g/mol. The molecule has 0 saturated carbocycles. The second-order valence-corrected chi connectivity index (χ2v) is 6.01. The van der Waals surface area contributed by atoms with E-state index in [2.05, 4.69) is 17.2 Å². The Balaban J connectivity index is 1.86. The van der Waals surface area contributed by atoms with E-state index in [0.29, 0.717) is 30.4 Å². The van der Waals surface area contributed by atoms with Gasteiger partial charge in [-0.3, -0.25) is 4.79 Å². The van der Waals surface area contributed by atoms with Gasteiger partial charge in [0, 0.05) is 6.54 Å². The monoisotopic (exact) mass is 361 g/mol. The maximum absolute atomic E-state index is 12.2. The minimum Gasteiger partial charge on any atom is -0.493 e. The van der Waals surface area contributed by atoms with Crippen LogP contribution < -0.4 is 20.5 Å². The molecule has 1 unspecified atom stereocenters. The van der Waals surface area contributed by atoms with Crippen molar-refractivity contribution in [2.75, 3.05) is 20.8 Å². The molecule has 142 valence electrons. The fraction of sp³-hybridized carbons (Fsp3) is 0.474. The molecular formula is C19H27N3O4. The van der Waals surface area contributed by atoms with Gasteiger partial charge in [-0.25, -0.2) is 4.98 Å². The lowest BCUT2D eigenvalue weighted by atomic mass is 10.1. The number of oxazole rings is 1. The Hall–Kier alpha value is -2.54. The van der Waals surface area contributed by atoms with Gasteiger partial charge in [0.1, 0.15) is 6.26 Å². The lowest BCUT2D eigenvalue weighted by Crippen LogP contribution is -2.26. The highest BCUT2D eigenvalue weighted by molar-refractivity contribution is 5.91. The zero-order valence-corrected chi connectivity index (χ0v) is 15.6. The van der Waals surface area contributed by atoms with Gasteiger partial charge in [0.25, 0.3) is 5.91 Å². The van der Waals surface area contributed by atoms with Gasteiger partial charge < -0.3 is 24.9 Å². The lowest BCUT2D eigenvalue weighted by Gasteiger charge is -2.09. The molecule has 0 aliphatic rings. The summed E-state index contributed by atoms with van der Waals surface area (Å²) < 4.78 is 15.8. The Morgan fingerprint density at radius 2 is 2.08 bits per heavy atom. The normalized spacial score (nSPS) is 11.8. The zero-order valence-electron chi connectivity index (χ0n) is 15.6. The van der Waals surface area contributed by atoms with Gasteiger partial charge in [-0.1, -0.05) is 25.8 Å². The summed E-state index contributed by atoms with van der Waals surface area (Å²) in [6.07, 6.45) is 4.85. The first kappa shape index (κ1) is 19.8. The van der Waals surface area contributed by atoms with Crippen molar-refractivity contribution in [3.05, 3.63) is 41.6 Å². The summed E-state index contributed by atoms with van der Waals surface area (Å²) in [5.41, 5.74) is 7.29. The topological polar surface area (TPSA) is 99.6 Å². The van der Waals surface area contributed by atoms with E-state index in [1.165, 1.54) is 6.26 Å². The zero-order chi connectivity index (χ0) is 18.9. The Labute approximate surface area is 153 Å². The summed E-state index contributed by atoms with van der Waals surface area (Å²) in [6.45, 7) is 2.57. The highest BCUT2D eigenvalue weighted by Gasteiger charge is 2.16. The molecule has 1 amide bonds. The van der Waals surface area contributed by atoms with Crippen molar-refractivity contribution in [2.24, 2.45) is 5.73 Å². The molecule has 0 aliphatic carbocycles. The Bertz CT molecular complexity index is 715. The van der Waals surface area contributed by atoms with Crippen molar-refractivity contribution in [3.8, 4) is 11.5 Å². The molecule has 3 N–H and O–H groups in total. The Kier molecular flexibility index (Phi) is 7.47. The number of carbonyl (C=O) groups is 1. The molecule has 2 aromatic rings. The predicted molar refractivity (Wildman–Crippen MR) is 98.5 cm³/mol. The van der Waals surface area contributed by atoms with Crippen LogP contribution in [-0.2, 0) is 6.42 Å². The number of rotatable bonds is 10. The van der Waals surface area contributed by atoms with Gasteiger partial charge >= 0.3 is 0 Å². The van der Waals surface area contributed by atoms with Gasteiger partial charge in [0.15, 0.2) is 17.2 Å². The van der Waals surface area contributed by atoms with E-state index in [0.717, 1.165) is 24.8 Å². The number of nitrogens with one attached hydrogen (secondary N) is 1. The molecule has 2 rings (SSSR count). The standard InChI is InChI=1S/C19H27N3O4/c1-4-5-6-14(20)19-22-15(12-26-19)18(23)21-10-9-13-7-8-16(24-2)17(11-13)25-3/h7-8,11-12,14H,4-6,9-10,20H2,1-3H3,(H,21,23). The first-order valence-corrected chi connectivity index (χ1v) is 8.79. The molecule has 0 spiro atoms. The van der Waals surface area contributed by atoms with E-state index < -0.39 is 0 Å². The third-order valence-corrected chi connectivity index (χ3v) is 4.09. The number of nitrogens with zero attached hydrogens (tertiary/aromatic N) is 1. The smallest absolute Gasteiger partial charge is 0.273 e. The maximum Gasteiger partial charge on any atom is 0.273 e. The van der Waals surface area contributed by atoms with Crippen LogP contribution in [0.5, 0.6) is 11.5 Å². The summed E-state index contributed by atoms with van der Waals surface area (Å²) in [5.74, 6) is 1.47. The molecular weight excluding hydrogens is 334 g/mol. The Morgan fingerprint density at radius 1 is 1.31 bits per heavy atom. The third kappa shape index (κ3) is 5.23. The third-order valence-electron chi connectivity index (χ3n) is 4.09. The second-order valence-electron chi connectivity index (χ2n) is 6.01.